The fourth-order valence-corrected chi connectivity index (χ4v) is 14.7. The monoisotopic (exact) mass is 765 g/mol. The standard InChI is InChI=1S/C49H76.C7H16/c1-22-19-42-46(36(15)30(9)38(17)48(42)44-32(11)26(5)24(3)27(6)33(44)12)40(22)21-41-23(2)20-43-47(41)37(16)31(10)39(18)49(43)45-34(13)28(7)25(4)29(8)35(45)14;1-5-7(3,4)6-2/h22-23,30-31,36-43,46-49H,19-21H2,1-18H3;5-6H2,1-4H3. The van der Waals surface area contributed by atoms with Gasteiger partial charge in [0.05, 0.1) is 0 Å². The maximum Gasteiger partial charge on any atom is -0.00969 e. The van der Waals surface area contributed by atoms with Crippen LogP contribution in [0.1, 0.15) is 194 Å². The van der Waals surface area contributed by atoms with E-state index in [4.69, 9.17) is 0 Å². The Balaban J connectivity index is 0.000000784. The van der Waals surface area contributed by atoms with E-state index in [-0.39, 0.29) is 0 Å². The van der Waals surface area contributed by atoms with Crippen LogP contribution in [0.15, 0.2) is 0 Å². The Labute approximate surface area is 350 Å². The highest BCUT2D eigenvalue weighted by Crippen LogP contribution is 2.66. The van der Waals surface area contributed by atoms with Gasteiger partial charge in [0.15, 0.2) is 0 Å². The fourth-order valence-electron chi connectivity index (χ4n) is 14.7. The Morgan fingerprint density at radius 1 is 0.393 bits per heavy atom. The fraction of sp³-hybridized carbons (Fsp3) is 0.786. The van der Waals surface area contributed by atoms with Crippen LogP contribution in [-0.2, 0) is 0 Å². The first kappa shape index (κ1) is 45.5. The second-order valence-corrected chi connectivity index (χ2v) is 22.6. The van der Waals surface area contributed by atoms with E-state index in [9.17, 15) is 0 Å². The van der Waals surface area contributed by atoms with Crippen LogP contribution in [0.5, 0.6) is 0 Å². The van der Waals surface area contributed by atoms with E-state index < -0.39 is 0 Å². The predicted molar refractivity (Wildman–Crippen MR) is 248 cm³/mol. The summed E-state index contributed by atoms with van der Waals surface area (Å²) in [5, 5.41) is 0. The van der Waals surface area contributed by atoms with Gasteiger partial charge in [-0.3, -0.25) is 0 Å². The van der Waals surface area contributed by atoms with Gasteiger partial charge in [0, 0.05) is 0 Å². The summed E-state index contributed by atoms with van der Waals surface area (Å²) >= 11 is 0. The first-order valence-corrected chi connectivity index (χ1v) is 24.1. The van der Waals surface area contributed by atoms with Crippen LogP contribution in [0.3, 0.4) is 0 Å². The molecule has 0 amide bonds. The molecule has 4 aliphatic carbocycles. The summed E-state index contributed by atoms with van der Waals surface area (Å²) in [7, 11) is 0. The maximum atomic E-state index is 2.69. The van der Waals surface area contributed by atoms with Crippen molar-refractivity contribution in [3.05, 3.63) is 66.8 Å². The molecule has 0 radical (unpaired) electrons. The van der Waals surface area contributed by atoms with Gasteiger partial charge in [-0.1, -0.05) is 95.9 Å². The Morgan fingerprint density at radius 2 is 0.661 bits per heavy atom. The van der Waals surface area contributed by atoms with Gasteiger partial charge in [0.25, 0.3) is 0 Å². The van der Waals surface area contributed by atoms with E-state index in [1.54, 1.807) is 55.6 Å². The van der Waals surface area contributed by atoms with Crippen LogP contribution in [-0.4, -0.2) is 0 Å². The van der Waals surface area contributed by atoms with Crippen LogP contribution in [0.25, 0.3) is 0 Å². The smallest absolute Gasteiger partial charge is 0.00969 e. The van der Waals surface area contributed by atoms with Gasteiger partial charge >= 0.3 is 0 Å². The van der Waals surface area contributed by atoms with Crippen molar-refractivity contribution in [2.24, 2.45) is 88.3 Å². The second kappa shape index (κ2) is 16.8. The lowest BCUT2D eigenvalue weighted by atomic mass is 9.53. The molecule has 0 saturated heterocycles. The third kappa shape index (κ3) is 7.45. The summed E-state index contributed by atoms with van der Waals surface area (Å²) < 4.78 is 0. The largest absolute Gasteiger partial charge is 0.0649 e. The summed E-state index contributed by atoms with van der Waals surface area (Å²) in [6, 6.07) is 0. The maximum absolute atomic E-state index is 2.69. The SMILES string of the molecule is CCC(C)(C)CC.Cc1c(C)c(C)c(C2C(C)C(C)C(C)C3C(CC4C(C)CC5C(c6c(C)c(C)c(C)c(C)c6C)C(C)C(C)C(C)C45)C(C)CC23)c(C)c1C. The van der Waals surface area contributed by atoms with Crippen molar-refractivity contribution >= 4 is 0 Å². The van der Waals surface area contributed by atoms with Crippen LogP contribution >= 0.6 is 0 Å². The van der Waals surface area contributed by atoms with Crippen molar-refractivity contribution in [2.45, 2.75) is 196 Å². The molecule has 4 fully saturated rings. The molecule has 0 heterocycles. The van der Waals surface area contributed by atoms with Crippen molar-refractivity contribution in [3.8, 4) is 0 Å². The molecule has 0 bridgehead atoms. The minimum Gasteiger partial charge on any atom is -0.0649 e. The minimum atomic E-state index is 0.583. The normalized spacial score (nSPS) is 38.2. The zero-order valence-corrected chi connectivity index (χ0v) is 41.3. The van der Waals surface area contributed by atoms with Crippen molar-refractivity contribution in [2.75, 3.05) is 0 Å². The Bertz CT molecular complexity index is 1530. The Morgan fingerprint density at radius 3 is 0.911 bits per heavy atom. The molecule has 16 atom stereocenters. The van der Waals surface area contributed by atoms with Gasteiger partial charge in [-0.2, -0.15) is 0 Å². The first-order chi connectivity index (χ1) is 26.0. The number of fused-ring (bicyclic) bond motifs is 2. The zero-order valence-electron chi connectivity index (χ0n) is 41.3. The zero-order chi connectivity index (χ0) is 42.2. The molecule has 56 heavy (non-hydrogen) atoms. The first-order valence-electron chi connectivity index (χ1n) is 24.1. The topological polar surface area (TPSA) is 0 Å². The minimum absolute atomic E-state index is 0.583. The number of hydrogen-bond acceptors (Lipinski definition) is 0. The summed E-state index contributed by atoms with van der Waals surface area (Å²) in [6.07, 6.45) is 6.95. The molecular formula is C56H92. The summed E-state index contributed by atoms with van der Waals surface area (Å²) in [5.41, 5.74) is 19.8. The third-order valence-corrected chi connectivity index (χ3v) is 20.6. The Kier molecular flexibility index (Phi) is 13.7. The van der Waals surface area contributed by atoms with Crippen molar-refractivity contribution in [1.29, 1.82) is 0 Å². The highest BCUT2D eigenvalue weighted by atomic mass is 14.6. The lowest BCUT2D eigenvalue weighted by Crippen LogP contribution is -2.44. The highest BCUT2D eigenvalue weighted by Gasteiger charge is 2.58. The molecule has 0 nitrogen and oxygen atoms in total. The van der Waals surface area contributed by atoms with E-state index in [0.29, 0.717) is 17.3 Å². The van der Waals surface area contributed by atoms with E-state index in [1.807, 2.05) is 0 Å². The second-order valence-electron chi connectivity index (χ2n) is 22.6. The van der Waals surface area contributed by atoms with E-state index in [1.165, 1.54) is 43.2 Å². The van der Waals surface area contributed by atoms with Crippen LogP contribution in [0, 0.1) is 158 Å². The van der Waals surface area contributed by atoms with E-state index in [0.717, 1.165) is 82.9 Å². The van der Waals surface area contributed by atoms with E-state index >= 15 is 0 Å². The van der Waals surface area contributed by atoms with Gasteiger partial charge in [0.2, 0.25) is 0 Å². The predicted octanol–water partition coefficient (Wildman–Crippen LogP) is 16.5. The molecule has 0 aromatic heterocycles. The van der Waals surface area contributed by atoms with Crippen molar-refractivity contribution in [1.82, 2.24) is 0 Å². The summed E-state index contributed by atoms with van der Waals surface area (Å²) in [4.78, 5) is 0. The van der Waals surface area contributed by atoms with Crippen LogP contribution in [0.2, 0.25) is 0 Å². The molecule has 6 rings (SSSR count). The molecule has 2 aromatic rings. The molecule has 4 aliphatic rings. The van der Waals surface area contributed by atoms with Crippen LogP contribution < -0.4 is 0 Å². The average Bonchev–Trinajstić information content (AvgIpc) is 3.67. The highest BCUT2D eigenvalue weighted by molar-refractivity contribution is 5.53. The number of benzene rings is 2. The van der Waals surface area contributed by atoms with Gasteiger partial charge < -0.3 is 0 Å². The molecule has 2 aromatic carbocycles. The summed E-state index contributed by atoms with van der Waals surface area (Å²) in [5.74, 6) is 12.8. The van der Waals surface area contributed by atoms with Gasteiger partial charge in [-0.05, 0) is 255 Å². The average molecular weight is 765 g/mol. The number of hydrogen-bond donors (Lipinski definition) is 0. The molecule has 0 N–H and O–H groups in total. The molecule has 0 heteroatoms. The van der Waals surface area contributed by atoms with Crippen molar-refractivity contribution in [3.63, 3.8) is 0 Å². The van der Waals surface area contributed by atoms with Gasteiger partial charge in [0.1, 0.15) is 0 Å². The third-order valence-electron chi connectivity index (χ3n) is 20.6. The quantitative estimate of drug-likeness (QED) is 0.275. The molecular weight excluding hydrogens is 673 g/mol. The Hall–Kier alpha value is -1.56. The molecule has 0 aliphatic heterocycles. The van der Waals surface area contributed by atoms with Crippen LogP contribution in [0.4, 0.5) is 0 Å². The van der Waals surface area contributed by atoms with Gasteiger partial charge in [-0.15, -0.1) is 0 Å². The number of rotatable bonds is 6. The molecule has 316 valence electrons. The lowest BCUT2D eigenvalue weighted by molar-refractivity contribution is 0.00526. The molecule has 0 spiro atoms. The molecule has 4 saturated carbocycles. The lowest BCUT2D eigenvalue weighted by Gasteiger charge is -2.51. The van der Waals surface area contributed by atoms with Crippen molar-refractivity contribution < 1.29 is 0 Å². The summed E-state index contributed by atoms with van der Waals surface area (Å²) in [6.45, 7) is 54.6. The van der Waals surface area contributed by atoms with E-state index in [2.05, 4.69) is 152 Å². The molecule has 16 unspecified atom stereocenters. The van der Waals surface area contributed by atoms with Gasteiger partial charge in [-0.25, -0.2) is 0 Å².